The smallest absolute Gasteiger partial charge is 0.253 e. The first-order valence-corrected chi connectivity index (χ1v) is 13.4. The van der Waals surface area contributed by atoms with Gasteiger partial charge in [0, 0.05) is 24.5 Å². The highest BCUT2D eigenvalue weighted by Crippen LogP contribution is 2.62. The second kappa shape index (κ2) is 8.13. The van der Waals surface area contributed by atoms with E-state index in [1.54, 1.807) is 40.0 Å². The van der Waals surface area contributed by atoms with E-state index in [0.29, 0.717) is 51.1 Å². The van der Waals surface area contributed by atoms with Crippen molar-refractivity contribution in [2.45, 2.75) is 57.5 Å². The SMILES string of the molecule is O=C(NC1CC2(CCC2)C1)c1ccc(Cl)c2cnn(Cc3ccc(N4CC5CC5(C(F)F)C4)c(F)c3)c12. The topological polar surface area (TPSA) is 50.2 Å². The van der Waals surface area contributed by atoms with Gasteiger partial charge in [-0.05, 0) is 73.3 Å². The molecular formula is C28H28ClF3N4O. The molecule has 1 amide bonds. The number of alkyl halides is 2. The van der Waals surface area contributed by atoms with Gasteiger partial charge in [-0.25, -0.2) is 13.2 Å². The predicted molar refractivity (Wildman–Crippen MR) is 136 cm³/mol. The maximum Gasteiger partial charge on any atom is 0.253 e. The monoisotopic (exact) mass is 528 g/mol. The van der Waals surface area contributed by atoms with Crippen LogP contribution in [0.15, 0.2) is 36.5 Å². The number of carbonyl (C=O) groups excluding carboxylic acids is 1. The summed E-state index contributed by atoms with van der Waals surface area (Å²) in [5.41, 5.74) is 1.63. The van der Waals surface area contributed by atoms with Crippen LogP contribution in [0.1, 0.15) is 54.4 Å². The van der Waals surface area contributed by atoms with E-state index in [9.17, 15) is 13.6 Å². The van der Waals surface area contributed by atoms with E-state index in [1.165, 1.54) is 25.3 Å². The number of anilines is 1. The van der Waals surface area contributed by atoms with Crippen LogP contribution in [0.2, 0.25) is 5.02 Å². The second-order valence-corrected chi connectivity index (χ2v) is 12.1. The van der Waals surface area contributed by atoms with Gasteiger partial charge in [-0.2, -0.15) is 5.10 Å². The zero-order valence-electron chi connectivity index (χ0n) is 20.3. The highest BCUT2D eigenvalue weighted by atomic mass is 35.5. The van der Waals surface area contributed by atoms with Crippen LogP contribution in [-0.4, -0.2) is 41.2 Å². The Morgan fingerprint density at radius 1 is 1.19 bits per heavy atom. The van der Waals surface area contributed by atoms with Crippen molar-refractivity contribution in [1.82, 2.24) is 15.1 Å². The van der Waals surface area contributed by atoms with Gasteiger partial charge in [-0.15, -0.1) is 0 Å². The largest absolute Gasteiger partial charge is 0.368 e. The first-order valence-electron chi connectivity index (χ1n) is 13.0. The number of rotatable bonds is 6. The Kier molecular flexibility index (Phi) is 5.14. The minimum atomic E-state index is -2.38. The molecule has 2 heterocycles. The molecule has 0 bridgehead atoms. The summed E-state index contributed by atoms with van der Waals surface area (Å²) in [6.07, 6.45) is 5.66. The zero-order valence-corrected chi connectivity index (χ0v) is 21.1. The summed E-state index contributed by atoms with van der Waals surface area (Å²) in [6, 6.07) is 8.50. The Morgan fingerprint density at radius 3 is 2.68 bits per heavy atom. The number of carbonyl (C=O) groups is 1. The quantitative estimate of drug-likeness (QED) is 0.425. The van der Waals surface area contributed by atoms with E-state index < -0.39 is 17.7 Å². The summed E-state index contributed by atoms with van der Waals surface area (Å²) >= 11 is 6.42. The first kappa shape index (κ1) is 23.4. The summed E-state index contributed by atoms with van der Waals surface area (Å²) in [4.78, 5) is 15.0. The molecule has 194 valence electrons. The summed E-state index contributed by atoms with van der Waals surface area (Å²) in [7, 11) is 0. The number of fused-ring (bicyclic) bond motifs is 2. The molecule has 9 heteroatoms. The molecule has 37 heavy (non-hydrogen) atoms. The van der Waals surface area contributed by atoms with Crippen LogP contribution in [0.25, 0.3) is 10.9 Å². The van der Waals surface area contributed by atoms with E-state index in [1.807, 2.05) is 0 Å². The standard InChI is InChI=1S/C28H28ClF3N4O/c29-21-4-3-19(25(37)34-18-10-27(11-18)6-1-7-27)24-20(21)12-33-36(24)13-16-2-5-23(22(30)8-16)35-14-17-9-28(17,15-35)26(31)32/h2-5,8,12,17-18,26H,1,6-7,9-11,13-15H2,(H,34,37). The van der Waals surface area contributed by atoms with Crippen molar-refractivity contribution in [3.63, 3.8) is 0 Å². The van der Waals surface area contributed by atoms with Crippen LogP contribution in [0.4, 0.5) is 18.9 Å². The minimum Gasteiger partial charge on any atom is -0.368 e. The second-order valence-electron chi connectivity index (χ2n) is 11.7. The zero-order chi connectivity index (χ0) is 25.5. The van der Waals surface area contributed by atoms with Crippen LogP contribution >= 0.6 is 11.6 Å². The van der Waals surface area contributed by atoms with Gasteiger partial charge in [0.15, 0.2) is 0 Å². The molecule has 5 nitrogen and oxygen atoms in total. The molecule has 4 fully saturated rings. The highest BCUT2D eigenvalue weighted by molar-refractivity contribution is 6.36. The molecule has 3 saturated carbocycles. The molecule has 1 saturated heterocycles. The number of benzene rings is 2. The van der Waals surface area contributed by atoms with Crippen molar-refractivity contribution >= 4 is 34.1 Å². The van der Waals surface area contributed by atoms with Crippen LogP contribution in [-0.2, 0) is 6.54 Å². The van der Waals surface area contributed by atoms with E-state index >= 15 is 4.39 Å². The third-order valence-corrected chi connectivity index (χ3v) is 9.76. The summed E-state index contributed by atoms with van der Waals surface area (Å²) in [6.45, 7) is 0.898. The molecule has 4 aliphatic rings. The molecule has 1 spiro atoms. The fourth-order valence-electron chi connectivity index (χ4n) is 7.03. The molecule has 3 aromatic rings. The Balaban J connectivity index is 1.11. The molecule has 7 rings (SSSR count). The van der Waals surface area contributed by atoms with Gasteiger partial charge in [-0.3, -0.25) is 9.48 Å². The Bertz CT molecular complexity index is 1410. The number of nitrogens with zero attached hydrogens (tertiary/aromatic N) is 3. The predicted octanol–water partition coefficient (Wildman–Crippen LogP) is 6.03. The van der Waals surface area contributed by atoms with Crippen molar-refractivity contribution in [2.75, 3.05) is 18.0 Å². The van der Waals surface area contributed by atoms with Crippen LogP contribution in [0.5, 0.6) is 0 Å². The molecule has 2 unspecified atom stereocenters. The molecule has 3 aliphatic carbocycles. The lowest BCUT2D eigenvalue weighted by Gasteiger charge is -2.54. The van der Waals surface area contributed by atoms with Crippen LogP contribution < -0.4 is 10.2 Å². The van der Waals surface area contributed by atoms with Crippen molar-refractivity contribution in [3.8, 4) is 0 Å². The number of aromatic nitrogens is 2. The average Bonchev–Trinajstić information content (AvgIpc) is 3.15. The summed E-state index contributed by atoms with van der Waals surface area (Å²) in [5, 5.41) is 8.80. The van der Waals surface area contributed by atoms with Gasteiger partial charge in [0.1, 0.15) is 5.82 Å². The number of hydrogen-bond donors (Lipinski definition) is 1. The van der Waals surface area contributed by atoms with Gasteiger partial charge in [-0.1, -0.05) is 24.1 Å². The van der Waals surface area contributed by atoms with Gasteiger partial charge in [0.05, 0.1) is 39.9 Å². The normalized spacial score (nSPS) is 25.9. The van der Waals surface area contributed by atoms with Gasteiger partial charge < -0.3 is 10.2 Å². The molecule has 2 atom stereocenters. The number of nitrogens with one attached hydrogen (secondary N) is 1. The van der Waals surface area contributed by atoms with Crippen molar-refractivity contribution < 1.29 is 18.0 Å². The first-order chi connectivity index (χ1) is 17.8. The molecule has 1 aliphatic heterocycles. The van der Waals surface area contributed by atoms with Crippen molar-refractivity contribution in [1.29, 1.82) is 0 Å². The fourth-order valence-corrected chi connectivity index (χ4v) is 7.23. The van der Waals surface area contributed by atoms with Gasteiger partial charge in [0.25, 0.3) is 5.91 Å². The van der Waals surface area contributed by atoms with E-state index in [2.05, 4.69) is 10.4 Å². The maximum atomic E-state index is 15.1. The molecule has 1 aromatic heterocycles. The Morgan fingerprint density at radius 2 is 2.00 bits per heavy atom. The van der Waals surface area contributed by atoms with Crippen molar-refractivity contribution in [2.24, 2.45) is 16.7 Å². The minimum absolute atomic E-state index is 0.0597. The Labute approximate surface area is 217 Å². The highest BCUT2D eigenvalue weighted by Gasteiger charge is 2.65. The fraction of sp³-hybridized carbons (Fsp3) is 0.500. The molecule has 1 N–H and O–H groups in total. The van der Waals surface area contributed by atoms with Crippen molar-refractivity contribution in [3.05, 3.63) is 58.5 Å². The number of halogens is 4. The molecule has 0 radical (unpaired) electrons. The maximum absolute atomic E-state index is 15.1. The summed E-state index contributed by atoms with van der Waals surface area (Å²) in [5.74, 6) is -0.647. The summed E-state index contributed by atoms with van der Waals surface area (Å²) < 4.78 is 43.7. The van der Waals surface area contributed by atoms with E-state index in [0.717, 1.165) is 12.8 Å². The van der Waals surface area contributed by atoms with Gasteiger partial charge in [0.2, 0.25) is 6.43 Å². The third kappa shape index (κ3) is 3.66. The lowest BCUT2D eigenvalue weighted by Crippen LogP contribution is -2.53. The third-order valence-electron chi connectivity index (χ3n) is 9.43. The lowest BCUT2D eigenvalue weighted by atomic mass is 9.54. The average molecular weight is 529 g/mol. The lowest BCUT2D eigenvalue weighted by molar-refractivity contribution is -0.000605. The number of amides is 1. The molecular weight excluding hydrogens is 501 g/mol. The Hall–Kier alpha value is -2.74. The van der Waals surface area contributed by atoms with Crippen LogP contribution in [0, 0.1) is 22.6 Å². The number of piperidine rings is 1. The van der Waals surface area contributed by atoms with Gasteiger partial charge >= 0.3 is 0 Å². The van der Waals surface area contributed by atoms with Crippen LogP contribution in [0.3, 0.4) is 0 Å². The molecule has 2 aromatic carbocycles. The number of hydrogen-bond acceptors (Lipinski definition) is 3. The van der Waals surface area contributed by atoms with E-state index in [4.69, 9.17) is 11.6 Å². The van der Waals surface area contributed by atoms with E-state index in [-0.39, 0.29) is 31.0 Å².